The van der Waals surface area contributed by atoms with Crippen molar-refractivity contribution in [3.63, 3.8) is 0 Å². The van der Waals surface area contributed by atoms with E-state index in [4.69, 9.17) is 0 Å². The Hall–Kier alpha value is -1.06. The maximum Gasteiger partial charge on any atom is 0.115 e. The van der Waals surface area contributed by atoms with Crippen LogP contribution >= 0.6 is 0 Å². The van der Waals surface area contributed by atoms with Crippen molar-refractivity contribution in [2.75, 3.05) is 6.54 Å². The van der Waals surface area contributed by atoms with Crippen molar-refractivity contribution in [2.45, 2.75) is 51.7 Å². The molecule has 3 N–H and O–H groups in total. The Morgan fingerprint density at radius 3 is 2.11 bits per heavy atom. The Morgan fingerprint density at radius 1 is 1.11 bits per heavy atom. The summed E-state index contributed by atoms with van der Waals surface area (Å²) in [6.07, 6.45) is 2.46. The van der Waals surface area contributed by atoms with Crippen molar-refractivity contribution in [1.82, 2.24) is 5.32 Å². The van der Waals surface area contributed by atoms with E-state index in [2.05, 4.69) is 12.2 Å². The fourth-order valence-electron chi connectivity index (χ4n) is 2.02. The van der Waals surface area contributed by atoms with Gasteiger partial charge in [0.25, 0.3) is 0 Å². The first-order chi connectivity index (χ1) is 8.54. The Balaban J connectivity index is 2.65. The zero-order chi connectivity index (χ0) is 13.6. The molecule has 0 heterocycles. The number of phenolic OH excluding ortho intramolecular Hbond substituents is 1. The second kappa shape index (κ2) is 6.76. The van der Waals surface area contributed by atoms with Crippen LogP contribution in [0.25, 0.3) is 0 Å². The van der Waals surface area contributed by atoms with Crippen LogP contribution < -0.4 is 5.32 Å². The number of phenols is 1. The lowest BCUT2D eigenvalue weighted by molar-refractivity contribution is 0.0297. The first-order valence-electron chi connectivity index (χ1n) is 6.79. The van der Waals surface area contributed by atoms with Crippen molar-refractivity contribution in [3.8, 4) is 5.75 Å². The van der Waals surface area contributed by atoms with Crippen LogP contribution in [-0.2, 0) is 0 Å². The molecule has 0 aliphatic rings. The van der Waals surface area contributed by atoms with E-state index < -0.39 is 5.60 Å². The molecule has 1 aromatic rings. The molecule has 0 aliphatic heterocycles. The lowest BCUT2D eigenvalue weighted by Gasteiger charge is -2.28. The molecule has 1 unspecified atom stereocenters. The van der Waals surface area contributed by atoms with Gasteiger partial charge in [-0.1, -0.05) is 32.9 Å². The molecule has 3 heteroatoms. The second-order valence-corrected chi connectivity index (χ2v) is 4.86. The molecule has 102 valence electrons. The van der Waals surface area contributed by atoms with Crippen molar-refractivity contribution >= 4 is 0 Å². The highest BCUT2D eigenvalue weighted by Gasteiger charge is 2.23. The van der Waals surface area contributed by atoms with Gasteiger partial charge in [-0.2, -0.15) is 0 Å². The monoisotopic (exact) mass is 251 g/mol. The number of aromatic hydroxyl groups is 1. The van der Waals surface area contributed by atoms with E-state index >= 15 is 0 Å². The first-order valence-corrected chi connectivity index (χ1v) is 6.79. The molecule has 0 saturated carbocycles. The summed E-state index contributed by atoms with van der Waals surface area (Å²) in [6, 6.07) is 7.47. The van der Waals surface area contributed by atoms with E-state index in [1.165, 1.54) is 0 Å². The van der Waals surface area contributed by atoms with Gasteiger partial charge in [0.15, 0.2) is 0 Å². The minimum atomic E-state index is -0.621. The summed E-state index contributed by atoms with van der Waals surface area (Å²) in [7, 11) is 0. The smallest absolute Gasteiger partial charge is 0.115 e. The molecule has 0 fully saturated rings. The number of rotatable bonds is 7. The highest BCUT2D eigenvalue weighted by Crippen LogP contribution is 2.21. The number of hydrogen-bond acceptors (Lipinski definition) is 3. The summed E-state index contributed by atoms with van der Waals surface area (Å²) in [5, 5.41) is 23.0. The van der Waals surface area contributed by atoms with Gasteiger partial charge >= 0.3 is 0 Å². The van der Waals surface area contributed by atoms with Gasteiger partial charge in [0.05, 0.1) is 5.60 Å². The predicted molar refractivity (Wildman–Crippen MR) is 74.7 cm³/mol. The van der Waals surface area contributed by atoms with Crippen LogP contribution in [0.15, 0.2) is 24.3 Å². The van der Waals surface area contributed by atoms with Gasteiger partial charge in [0, 0.05) is 12.6 Å². The summed E-state index contributed by atoms with van der Waals surface area (Å²) in [4.78, 5) is 0. The van der Waals surface area contributed by atoms with E-state index in [9.17, 15) is 10.2 Å². The molecule has 0 aliphatic carbocycles. The molecule has 1 aromatic carbocycles. The largest absolute Gasteiger partial charge is 0.508 e. The number of benzene rings is 1. The van der Waals surface area contributed by atoms with Gasteiger partial charge in [-0.05, 0) is 37.0 Å². The molecule has 0 saturated heterocycles. The molecule has 3 nitrogen and oxygen atoms in total. The number of nitrogens with one attached hydrogen (secondary N) is 1. The van der Waals surface area contributed by atoms with Crippen molar-refractivity contribution in [2.24, 2.45) is 0 Å². The van der Waals surface area contributed by atoms with Crippen LogP contribution in [0.4, 0.5) is 0 Å². The Kier molecular flexibility index (Phi) is 5.63. The zero-order valence-corrected chi connectivity index (χ0v) is 11.6. The summed E-state index contributed by atoms with van der Waals surface area (Å²) in [6.45, 7) is 6.72. The molecular formula is C15H25NO2. The molecule has 18 heavy (non-hydrogen) atoms. The minimum Gasteiger partial charge on any atom is -0.508 e. The van der Waals surface area contributed by atoms with E-state index in [1.54, 1.807) is 12.1 Å². The van der Waals surface area contributed by atoms with Gasteiger partial charge in [-0.15, -0.1) is 0 Å². The summed E-state index contributed by atoms with van der Waals surface area (Å²) in [5.74, 6) is 0.284. The van der Waals surface area contributed by atoms with Gasteiger partial charge in [-0.25, -0.2) is 0 Å². The molecule has 1 atom stereocenters. The average molecular weight is 251 g/mol. The highest BCUT2D eigenvalue weighted by atomic mass is 16.3. The standard InChI is InChI=1S/C15H25NO2/c1-4-14(12-7-9-13(17)10-8-12)16-11-15(18,5-2)6-3/h7-10,14,16-18H,4-6,11H2,1-3H3. The molecular weight excluding hydrogens is 226 g/mol. The fourth-order valence-corrected chi connectivity index (χ4v) is 2.02. The molecule has 0 bridgehead atoms. The summed E-state index contributed by atoms with van der Waals surface area (Å²) >= 11 is 0. The van der Waals surface area contributed by atoms with Gasteiger partial charge in [-0.3, -0.25) is 0 Å². The maximum atomic E-state index is 10.3. The second-order valence-electron chi connectivity index (χ2n) is 4.86. The van der Waals surface area contributed by atoms with Crippen LogP contribution in [0.1, 0.15) is 51.6 Å². The third kappa shape index (κ3) is 4.00. The van der Waals surface area contributed by atoms with Crippen LogP contribution in [0.2, 0.25) is 0 Å². The van der Waals surface area contributed by atoms with Crippen LogP contribution in [-0.4, -0.2) is 22.4 Å². The van der Waals surface area contributed by atoms with Crippen molar-refractivity contribution < 1.29 is 10.2 Å². The Bertz CT molecular complexity index is 344. The van der Waals surface area contributed by atoms with E-state index in [0.717, 1.165) is 24.8 Å². The van der Waals surface area contributed by atoms with Crippen molar-refractivity contribution in [1.29, 1.82) is 0 Å². The fraction of sp³-hybridized carbons (Fsp3) is 0.600. The number of aliphatic hydroxyl groups is 1. The normalized spacial score (nSPS) is 13.6. The highest BCUT2D eigenvalue weighted by molar-refractivity contribution is 5.28. The lowest BCUT2D eigenvalue weighted by Crippen LogP contribution is -2.40. The summed E-state index contributed by atoms with van der Waals surface area (Å²) < 4.78 is 0. The molecule has 0 aromatic heterocycles. The molecule has 0 spiro atoms. The first kappa shape index (κ1) is 15.0. The van der Waals surface area contributed by atoms with Crippen LogP contribution in [0.3, 0.4) is 0 Å². The van der Waals surface area contributed by atoms with E-state index in [-0.39, 0.29) is 11.8 Å². The topological polar surface area (TPSA) is 52.5 Å². The zero-order valence-electron chi connectivity index (χ0n) is 11.6. The maximum absolute atomic E-state index is 10.3. The van der Waals surface area contributed by atoms with E-state index in [0.29, 0.717) is 6.54 Å². The van der Waals surface area contributed by atoms with Gasteiger partial charge < -0.3 is 15.5 Å². The molecule has 0 amide bonds. The Morgan fingerprint density at radius 2 is 1.67 bits per heavy atom. The molecule has 0 radical (unpaired) electrons. The van der Waals surface area contributed by atoms with Gasteiger partial charge in [0.1, 0.15) is 5.75 Å². The van der Waals surface area contributed by atoms with Gasteiger partial charge in [0.2, 0.25) is 0 Å². The third-order valence-corrected chi connectivity index (χ3v) is 3.70. The SMILES string of the molecule is CCC(NCC(O)(CC)CC)c1ccc(O)cc1. The summed E-state index contributed by atoms with van der Waals surface area (Å²) in [5.41, 5.74) is 0.523. The number of hydrogen-bond donors (Lipinski definition) is 3. The van der Waals surface area contributed by atoms with Crippen LogP contribution in [0, 0.1) is 0 Å². The average Bonchev–Trinajstić information content (AvgIpc) is 2.41. The Labute approximate surface area is 110 Å². The molecule has 1 rings (SSSR count). The minimum absolute atomic E-state index is 0.218. The predicted octanol–water partition coefficient (Wildman–Crippen LogP) is 2.98. The van der Waals surface area contributed by atoms with Crippen molar-refractivity contribution in [3.05, 3.63) is 29.8 Å². The van der Waals surface area contributed by atoms with Crippen LogP contribution in [0.5, 0.6) is 5.75 Å². The quantitative estimate of drug-likeness (QED) is 0.698. The lowest BCUT2D eigenvalue weighted by atomic mass is 9.96. The third-order valence-electron chi connectivity index (χ3n) is 3.70. The van der Waals surface area contributed by atoms with E-state index in [1.807, 2.05) is 26.0 Å².